The predicted molar refractivity (Wildman–Crippen MR) is 86.4 cm³/mol. The number of halogens is 1. The van der Waals surface area contributed by atoms with Crippen molar-refractivity contribution in [3.05, 3.63) is 53.7 Å². The second-order valence-corrected chi connectivity index (χ2v) is 5.58. The molecule has 112 valence electrons. The largest absolute Gasteiger partial charge is 0.394 e. The third-order valence-corrected chi connectivity index (χ3v) is 3.99. The van der Waals surface area contributed by atoms with Gasteiger partial charge in [-0.3, -0.25) is 9.78 Å². The minimum Gasteiger partial charge on any atom is -0.394 e. The summed E-state index contributed by atoms with van der Waals surface area (Å²) in [7, 11) is 0. The van der Waals surface area contributed by atoms with Gasteiger partial charge in [-0.05, 0) is 18.2 Å². The summed E-state index contributed by atoms with van der Waals surface area (Å²) in [4.78, 5) is 20.5. The van der Waals surface area contributed by atoms with Gasteiger partial charge in [-0.1, -0.05) is 22.0 Å². The first-order valence-electron chi connectivity index (χ1n) is 6.62. The summed E-state index contributed by atoms with van der Waals surface area (Å²) in [6, 6.07) is 6.83. The first kappa shape index (κ1) is 14.7. The molecular weight excluding hydrogens is 348 g/mol. The molecular formula is C15H13BrN4O2. The van der Waals surface area contributed by atoms with E-state index in [1.54, 1.807) is 23.2 Å². The molecule has 0 unspecified atom stereocenters. The fraction of sp³-hybridized carbons (Fsp3) is 0.133. The van der Waals surface area contributed by atoms with Crippen LogP contribution in [-0.4, -0.2) is 32.2 Å². The van der Waals surface area contributed by atoms with Crippen LogP contribution in [0.5, 0.6) is 0 Å². The Balaban J connectivity index is 1.86. The molecule has 7 heteroatoms. The number of anilines is 1. The van der Waals surface area contributed by atoms with Gasteiger partial charge in [0.1, 0.15) is 6.04 Å². The number of carbonyl (C=O) groups is 1. The van der Waals surface area contributed by atoms with Gasteiger partial charge in [0, 0.05) is 22.3 Å². The number of aliphatic hydroxyl groups is 1. The molecule has 22 heavy (non-hydrogen) atoms. The first-order chi connectivity index (χ1) is 10.7. The lowest BCUT2D eigenvalue weighted by Gasteiger charge is -2.15. The summed E-state index contributed by atoms with van der Waals surface area (Å²) >= 11 is 3.47. The van der Waals surface area contributed by atoms with E-state index in [1.165, 1.54) is 6.33 Å². The second-order valence-electron chi connectivity index (χ2n) is 4.73. The number of carbonyl (C=O) groups excluding carboxylic acids is 1. The van der Waals surface area contributed by atoms with Gasteiger partial charge in [-0.25, -0.2) is 4.98 Å². The number of pyridine rings is 1. The van der Waals surface area contributed by atoms with Gasteiger partial charge in [0.05, 0.1) is 30.3 Å². The highest BCUT2D eigenvalue weighted by Gasteiger charge is 2.19. The number of nitrogens with zero attached hydrogens (tertiary/aromatic N) is 3. The Kier molecular flexibility index (Phi) is 4.17. The third kappa shape index (κ3) is 2.86. The van der Waals surface area contributed by atoms with Crippen LogP contribution < -0.4 is 5.32 Å². The van der Waals surface area contributed by atoms with Crippen LogP contribution in [0.15, 0.2) is 53.7 Å². The molecule has 0 saturated carbocycles. The Morgan fingerprint density at radius 2 is 2.32 bits per heavy atom. The highest BCUT2D eigenvalue weighted by molar-refractivity contribution is 9.10. The summed E-state index contributed by atoms with van der Waals surface area (Å²) in [5.74, 6) is -0.325. The molecule has 2 aromatic heterocycles. The zero-order valence-electron chi connectivity index (χ0n) is 11.5. The molecule has 3 rings (SSSR count). The van der Waals surface area contributed by atoms with Gasteiger partial charge in [-0.15, -0.1) is 0 Å². The standard InChI is InChI=1S/C15H13BrN4O2/c16-12-2-1-3-13-11(12)6-10(7-18-13)19-15(22)14(8-21)20-5-4-17-9-20/h1-7,9,14,21H,8H2,(H,19,22)/t14-/m0/s1. The molecule has 0 aliphatic carbocycles. The van der Waals surface area contributed by atoms with Gasteiger partial charge >= 0.3 is 0 Å². The number of benzene rings is 1. The Bertz CT molecular complexity index is 804. The number of rotatable bonds is 4. The normalized spacial score (nSPS) is 12.3. The van der Waals surface area contributed by atoms with Gasteiger partial charge in [0.2, 0.25) is 5.91 Å². The van der Waals surface area contributed by atoms with E-state index in [4.69, 9.17) is 0 Å². The van der Waals surface area contributed by atoms with E-state index in [2.05, 4.69) is 31.2 Å². The Morgan fingerprint density at radius 3 is 3.05 bits per heavy atom. The van der Waals surface area contributed by atoms with Crippen molar-refractivity contribution < 1.29 is 9.90 Å². The monoisotopic (exact) mass is 360 g/mol. The molecule has 0 fully saturated rings. The minimum atomic E-state index is -0.725. The number of amides is 1. The maximum Gasteiger partial charge on any atom is 0.249 e. The van der Waals surface area contributed by atoms with Crippen LogP contribution >= 0.6 is 15.9 Å². The summed E-state index contributed by atoms with van der Waals surface area (Å²) in [6.45, 7) is -0.313. The Labute approximate surface area is 134 Å². The number of nitrogens with one attached hydrogen (secondary N) is 1. The van der Waals surface area contributed by atoms with E-state index in [1.807, 2.05) is 24.3 Å². The Morgan fingerprint density at radius 1 is 1.45 bits per heavy atom. The van der Waals surface area contributed by atoms with Crippen LogP contribution in [0.3, 0.4) is 0 Å². The smallest absolute Gasteiger partial charge is 0.249 e. The predicted octanol–water partition coefficient (Wildman–Crippen LogP) is 2.37. The van der Waals surface area contributed by atoms with Crippen molar-refractivity contribution in [1.29, 1.82) is 0 Å². The van der Waals surface area contributed by atoms with E-state index in [0.717, 1.165) is 15.4 Å². The van der Waals surface area contributed by atoms with E-state index < -0.39 is 6.04 Å². The van der Waals surface area contributed by atoms with Gasteiger partial charge in [-0.2, -0.15) is 0 Å². The maximum atomic E-state index is 12.3. The lowest BCUT2D eigenvalue weighted by Crippen LogP contribution is -2.28. The number of imidazole rings is 1. The fourth-order valence-electron chi connectivity index (χ4n) is 2.17. The van der Waals surface area contributed by atoms with Crippen molar-refractivity contribution in [2.24, 2.45) is 0 Å². The number of hydrogen-bond acceptors (Lipinski definition) is 4. The van der Waals surface area contributed by atoms with Crippen molar-refractivity contribution in [3.8, 4) is 0 Å². The molecule has 0 aliphatic heterocycles. The zero-order valence-corrected chi connectivity index (χ0v) is 13.1. The summed E-state index contributed by atoms with van der Waals surface area (Å²) < 4.78 is 2.46. The van der Waals surface area contributed by atoms with Crippen LogP contribution in [0.1, 0.15) is 6.04 Å². The molecule has 3 aromatic rings. The lowest BCUT2D eigenvalue weighted by atomic mass is 10.2. The van der Waals surface area contributed by atoms with Crippen LogP contribution in [0.25, 0.3) is 10.9 Å². The first-order valence-corrected chi connectivity index (χ1v) is 7.42. The van der Waals surface area contributed by atoms with Crippen LogP contribution in [-0.2, 0) is 4.79 Å². The van der Waals surface area contributed by atoms with Crippen molar-refractivity contribution in [3.63, 3.8) is 0 Å². The molecule has 0 spiro atoms. The fourth-order valence-corrected chi connectivity index (χ4v) is 2.64. The molecule has 1 amide bonds. The quantitative estimate of drug-likeness (QED) is 0.748. The zero-order chi connectivity index (χ0) is 15.5. The van der Waals surface area contributed by atoms with E-state index in [-0.39, 0.29) is 12.5 Å². The van der Waals surface area contributed by atoms with Crippen LogP contribution in [0.2, 0.25) is 0 Å². The van der Waals surface area contributed by atoms with E-state index >= 15 is 0 Å². The molecule has 1 aromatic carbocycles. The van der Waals surface area contributed by atoms with Gasteiger partial charge < -0.3 is 15.0 Å². The van der Waals surface area contributed by atoms with E-state index in [0.29, 0.717) is 5.69 Å². The van der Waals surface area contributed by atoms with Crippen LogP contribution in [0.4, 0.5) is 5.69 Å². The van der Waals surface area contributed by atoms with Crippen molar-refractivity contribution in [2.45, 2.75) is 6.04 Å². The topological polar surface area (TPSA) is 80.0 Å². The summed E-state index contributed by atoms with van der Waals surface area (Å²) in [6.07, 6.45) is 6.28. The highest BCUT2D eigenvalue weighted by atomic mass is 79.9. The molecule has 2 heterocycles. The SMILES string of the molecule is O=C(Nc1cnc2cccc(Br)c2c1)[C@H](CO)n1ccnc1. The average Bonchev–Trinajstić information content (AvgIpc) is 3.03. The second kappa shape index (κ2) is 6.25. The number of hydrogen-bond donors (Lipinski definition) is 2. The van der Waals surface area contributed by atoms with Gasteiger partial charge in [0.15, 0.2) is 0 Å². The van der Waals surface area contributed by atoms with Crippen molar-refractivity contribution in [1.82, 2.24) is 14.5 Å². The number of aliphatic hydroxyl groups excluding tert-OH is 1. The molecule has 1 atom stereocenters. The van der Waals surface area contributed by atoms with Crippen molar-refractivity contribution in [2.75, 3.05) is 11.9 Å². The van der Waals surface area contributed by atoms with Crippen LogP contribution in [0, 0.1) is 0 Å². The minimum absolute atomic E-state index is 0.313. The molecule has 2 N–H and O–H groups in total. The number of fused-ring (bicyclic) bond motifs is 1. The average molecular weight is 361 g/mol. The maximum absolute atomic E-state index is 12.3. The highest BCUT2D eigenvalue weighted by Crippen LogP contribution is 2.25. The lowest BCUT2D eigenvalue weighted by molar-refractivity contribution is -0.120. The molecule has 0 aliphatic rings. The van der Waals surface area contributed by atoms with Gasteiger partial charge in [0.25, 0.3) is 0 Å². The molecule has 0 radical (unpaired) electrons. The Hall–Kier alpha value is -2.25. The van der Waals surface area contributed by atoms with E-state index in [9.17, 15) is 9.90 Å². The third-order valence-electron chi connectivity index (χ3n) is 3.30. The summed E-state index contributed by atoms with van der Waals surface area (Å²) in [5, 5.41) is 13.1. The van der Waals surface area contributed by atoms with Crippen molar-refractivity contribution >= 4 is 38.4 Å². The molecule has 0 saturated heterocycles. The molecule has 0 bridgehead atoms. The molecule has 6 nitrogen and oxygen atoms in total. The number of aromatic nitrogens is 3. The summed E-state index contributed by atoms with van der Waals surface area (Å²) in [5.41, 5.74) is 1.41.